The largest absolute Gasteiger partial charge is 0.497 e. The van der Waals surface area contributed by atoms with Crippen molar-refractivity contribution in [3.63, 3.8) is 0 Å². The lowest BCUT2D eigenvalue weighted by atomic mass is 10.2. The third-order valence-corrected chi connectivity index (χ3v) is 4.96. The van der Waals surface area contributed by atoms with E-state index in [9.17, 15) is 0 Å². The van der Waals surface area contributed by atoms with E-state index in [2.05, 4.69) is 27.8 Å². The summed E-state index contributed by atoms with van der Waals surface area (Å²) in [5.41, 5.74) is 3.14. The maximum atomic E-state index is 5.22. The highest BCUT2D eigenvalue weighted by Crippen LogP contribution is 2.25. The number of rotatable bonds is 5. The summed E-state index contributed by atoms with van der Waals surface area (Å²) in [7, 11) is 1.67. The summed E-state index contributed by atoms with van der Waals surface area (Å²) in [4.78, 5) is 9.20. The molecule has 4 rings (SSSR count). The lowest BCUT2D eigenvalue weighted by Gasteiger charge is -2.08. The van der Waals surface area contributed by atoms with Gasteiger partial charge in [0.05, 0.1) is 18.3 Å². The van der Waals surface area contributed by atoms with Gasteiger partial charge < -0.3 is 4.74 Å². The summed E-state index contributed by atoms with van der Waals surface area (Å²) in [6, 6.07) is 20.3. The maximum absolute atomic E-state index is 5.22. The average Bonchev–Trinajstić information content (AvgIpc) is 3.15. The molecule has 2 heterocycles. The first kappa shape index (κ1) is 15.7. The number of imidazole rings is 1. The third kappa shape index (κ3) is 3.37. The number of benzene rings is 2. The van der Waals surface area contributed by atoms with Crippen molar-refractivity contribution in [2.45, 2.75) is 10.9 Å². The van der Waals surface area contributed by atoms with Gasteiger partial charge in [-0.3, -0.25) is 9.55 Å². The second-order valence-corrected chi connectivity index (χ2v) is 6.50. The molecule has 25 heavy (non-hydrogen) atoms. The highest BCUT2D eigenvalue weighted by molar-refractivity contribution is 7.98. The highest BCUT2D eigenvalue weighted by atomic mass is 32.2. The first-order valence-electron chi connectivity index (χ1n) is 7.99. The number of ether oxygens (including phenoxy) is 1. The van der Waals surface area contributed by atoms with Gasteiger partial charge in [0.2, 0.25) is 0 Å². The number of thioether (sulfide) groups is 1. The van der Waals surface area contributed by atoms with Crippen molar-refractivity contribution in [2.24, 2.45) is 0 Å². The van der Waals surface area contributed by atoms with Crippen LogP contribution in [0.2, 0.25) is 0 Å². The number of para-hydroxylation sites is 1. The fourth-order valence-electron chi connectivity index (χ4n) is 2.66. The topological polar surface area (TPSA) is 39.9 Å². The summed E-state index contributed by atoms with van der Waals surface area (Å²) in [5, 5.41) is 2.11. The lowest BCUT2D eigenvalue weighted by molar-refractivity contribution is 0.414. The van der Waals surface area contributed by atoms with E-state index in [1.165, 1.54) is 0 Å². The van der Waals surface area contributed by atoms with Gasteiger partial charge in [-0.15, -0.1) is 0 Å². The number of nitrogens with zero attached hydrogens (tertiary/aromatic N) is 3. The summed E-state index contributed by atoms with van der Waals surface area (Å²) in [6.07, 6.45) is 3.79. The molecule has 4 aromatic rings. The minimum Gasteiger partial charge on any atom is -0.497 e. The number of methoxy groups -OCH3 is 1. The maximum Gasteiger partial charge on any atom is 0.172 e. The minimum atomic E-state index is 0.776. The third-order valence-electron chi connectivity index (χ3n) is 3.96. The Morgan fingerprint density at radius 3 is 2.68 bits per heavy atom. The van der Waals surface area contributed by atoms with Crippen LogP contribution in [-0.4, -0.2) is 21.6 Å². The smallest absolute Gasteiger partial charge is 0.172 e. The first-order valence-corrected chi connectivity index (χ1v) is 8.97. The number of fused-ring (bicyclic) bond motifs is 1. The van der Waals surface area contributed by atoms with Crippen LogP contribution < -0.4 is 4.74 Å². The van der Waals surface area contributed by atoms with Gasteiger partial charge in [-0.05, 0) is 36.4 Å². The molecule has 0 spiro atoms. The van der Waals surface area contributed by atoms with E-state index in [1.807, 2.05) is 54.9 Å². The van der Waals surface area contributed by atoms with Crippen molar-refractivity contribution in [3.05, 3.63) is 78.8 Å². The summed E-state index contributed by atoms with van der Waals surface area (Å²) >= 11 is 1.68. The molecule has 4 nitrogen and oxygen atoms in total. The molecule has 5 heteroatoms. The van der Waals surface area contributed by atoms with Gasteiger partial charge in [0.1, 0.15) is 5.75 Å². The van der Waals surface area contributed by atoms with Crippen molar-refractivity contribution in [3.8, 4) is 11.4 Å². The van der Waals surface area contributed by atoms with Crippen molar-refractivity contribution in [1.82, 2.24) is 14.5 Å². The van der Waals surface area contributed by atoms with Gasteiger partial charge in [-0.1, -0.05) is 36.0 Å². The second kappa shape index (κ2) is 6.99. The summed E-state index contributed by atoms with van der Waals surface area (Å²) in [6.45, 7) is 0. The molecule has 0 N–H and O–H groups in total. The molecule has 124 valence electrons. The molecule has 0 fully saturated rings. The number of hydrogen-bond acceptors (Lipinski definition) is 4. The van der Waals surface area contributed by atoms with Crippen LogP contribution in [0.5, 0.6) is 5.75 Å². The van der Waals surface area contributed by atoms with Crippen LogP contribution >= 0.6 is 11.8 Å². The van der Waals surface area contributed by atoms with E-state index in [4.69, 9.17) is 9.72 Å². The van der Waals surface area contributed by atoms with E-state index >= 15 is 0 Å². The Balaban J connectivity index is 1.53. The molecular formula is C20H17N3OS. The van der Waals surface area contributed by atoms with Crippen LogP contribution in [-0.2, 0) is 5.75 Å². The Labute approximate surface area is 150 Å². The Morgan fingerprint density at radius 1 is 1.00 bits per heavy atom. The van der Waals surface area contributed by atoms with Crippen LogP contribution in [0, 0.1) is 0 Å². The van der Waals surface area contributed by atoms with Crippen LogP contribution in [0.4, 0.5) is 0 Å². The molecule has 2 aromatic heterocycles. The molecule has 0 unspecified atom stereocenters. The van der Waals surface area contributed by atoms with Gasteiger partial charge in [0.25, 0.3) is 0 Å². The van der Waals surface area contributed by atoms with Crippen molar-refractivity contribution in [2.75, 3.05) is 7.11 Å². The molecule has 0 radical (unpaired) electrons. The Bertz CT molecular complexity index is 995. The standard InChI is InChI=1S/C20H17N3OS/c1-24-18-10-8-17(9-11-18)23-13-12-21-20(23)25-14-16-7-6-15-4-2-3-5-19(15)22-16/h2-13H,14H2,1H3. The molecule has 0 amide bonds. The fraction of sp³-hybridized carbons (Fsp3) is 0.100. The zero-order valence-electron chi connectivity index (χ0n) is 13.8. The van der Waals surface area contributed by atoms with Crippen molar-refractivity contribution in [1.29, 1.82) is 0 Å². The van der Waals surface area contributed by atoms with E-state index < -0.39 is 0 Å². The Morgan fingerprint density at radius 2 is 1.84 bits per heavy atom. The quantitative estimate of drug-likeness (QED) is 0.490. The van der Waals surface area contributed by atoms with Gasteiger partial charge >= 0.3 is 0 Å². The predicted molar refractivity (Wildman–Crippen MR) is 101 cm³/mol. The number of aromatic nitrogens is 3. The van der Waals surface area contributed by atoms with Gasteiger partial charge in [0.15, 0.2) is 5.16 Å². The van der Waals surface area contributed by atoms with E-state index in [0.717, 1.165) is 38.9 Å². The van der Waals surface area contributed by atoms with Crippen LogP contribution in [0.25, 0.3) is 16.6 Å². The van der Waals surface area contributed by atoms with E-state index in [1.54, 1.807) is 18.9 Å². The van der Waals surface area contributed by atoms with Crippen LogP contribution in [0.3, 0.4) is 0 Å². The Hall–Kier alpha value is -2.79. The number of pyridine rings is 1. The summed E-state index contributed by atoms with van der Waals surface area (Å²) in [5.74, 6) is 1.62. The monoisotopic (exact) mass is 347 g/mol. The molecule has 0 saturated heterocycles. The van der Waals surface area contributed by atoms with Gasteiger partial charge in [-0.25, -0.2) is 4.98 Å². The fourth-order valence-corrected chi connectivity index (χ4v) is 3.54. The molecule has 0 atom stereocenters. The van der Waals surface area contributed by atoms with Crippen LogP contribution in [0.1, 0.15) is 5.69 Å². The van der Waals surface area contributed by atoms with E-state index in [-0.39, 0.29) is 0 Å². The minimum absolute atomic E-state index is 0.776. The number of hydrogen-bond donors (Lipinski definition) is 0. The Kier molecular flexibility index (Phi) is 4.39. The second-order valence-electron chi connectivity index (χ2n) is 5.56. The van der Waals surface area contributed by atoms with Gasteiger partial charge in [-0.2, -0.15) is 0 Å². The highest BCUT2D eigenvalue weighted by Gasteiger charge is 2.07. The van der Waals surface area contributed by atoms with Crippen molar-refractivity contribution < 1.29 is 4.74 Å². The normalized spacial score (nSPS) is 10.9. The average molecular weight is 347 g/mol. The molecule has 0 bridgehead atoms. The zero-order chi connectivity index (χ0) is 17.1. The molecule has 0 aliphatic carbocycles. The van der Waals surface area contributed by atoms with Gasteiger partial charge in [0, 0.05) is 29.2 Å². The first-order chi connectivity index (χ1) is 12.3. The van der Waals surface area contributed by atoms with Crippen LogP contribution in [0.15, 0.2) is 78.2 Å². The lowest BCUT2D eigenvalue weighted by Crippen LogP contribution is -1.96. The molecule has 2 aromatic carbocycles. The molecule has 0 aliphatic rings. The predicted octanol–water partition coefficient (Wildman–Crippen LogP) is 4.72. The molecule has 0 aliphatic heterocycles. The SMILES string of the molecule is COc1ccc(-n2ccnc2SCc2ccc3ccccc3n2)cc1. The summed E-state index contributed by atoms with van der Waals surface area (Å²) < 4.78 is 7.29. The zero-order valence-corrected chi connectivity index (χ0v) is 14.6. The van der Waals surface area contributed by atoms with E-state index in [0.29, 0.717) is 0 Å². The molecule has 0 saturated carbocycles. The van der Waals surface area contributed by atoms with Crippen molar-refractivity contribution >= 4 is 22.7 Å². The molecular weight excluding hydrogens is 330 g/mol.